The molecule has 3 aromatic rings. The van der Waals surface area contributed by atoms with Gasteiger partial charge < -0.3 is 15.4 Å². The van der Waals surface area contributed by atoms with Crippen molar-refractivity contribution in [3.8, 4) is 0 Å². The molecule has 0 saturated heterocycles. The summed E-state index contributed by atoms with van der Waals surface area (Å²) in [6.45, 7) is 6.72. The molecule has 0 spiro atoms. The lowest BCUT2D eigenvalue weighted by molar-refractivity contribution is 0.0657. The fourth-order valence-electron chi connectivity index (χ4n) is 2.90. The van der Waals surface area contributed by atoms with Gasteiger partial charge in [-0.25, -0.2) is 4.39 Å². The molecule has 0 aliphatic carbocycles. The Kier molecular flexibility index (Phi) is 8.01. The molecule has 0 fully saturated rings. The van der Waals surface area contributed by atoms with Crippen molar-refractivity contribution in [1.29, 1.82) is 0 Å². The van der Waals surface area contributed by atoms with Crippen LogP contribution in [-0.2, 0) is 17.9 Å². The van der Waals surface area contributed by atoms with Crippen LogP contribution >= 0.6 is 22.9 Å². The van der Waals surface area contributed by atoms with Crippen molar-refractivity contribution in [2.75, 3.05) is 5.32 Å². The Morgan fingerprint density at radius 1 is 1.06 bits per heavy atom. The zero-order chi connectivity index (χ0) is 23.3. The smallest absolute Gasteiger partial charge is 0.261 e. The third-order valence-corrected chi connectivity index (χ3v) is 6.06. The minimum atomic E-state index is -0.518. The molecule has 0 bridgehead atoms. The number of carbonyl (C=O) groups is 2. The van der Waals surface area contributed by atoms with Crippen molar-refractivity contribution in [3.63, 3.8) is 0 Å². The van der Waals surface area contributed by atoms with Gasteiger partial charge in [0.15, 0.2) is 0 Å². The van der Waals surface area contributed by atoms with Crippen molar-refractivity contribution in [1.82, 2.24) is 5.32 Å². The first-order chi connectivity index (χ1) is 15.2. The van der Waals surface area contributed by atoms with Gasteiger partial charge in [0.25, 0.3) is 11.8 Å². The zero-order valence-corrected chi connectivity index (χ0v) is 19.6. The zero-order valence-electron chi connectivity index (χ0n) is 18.0. The van der Waals surface area contributed by atoms with Crippen LogP contribution < -0.4 is 10.6 Å². The van der Waals surface area contributed by atoms with Gasteiger partial charge in [0.2, 0.25) is 0 Å². The van der Waals surface area contributed by atoms with Crippen LogP contribution in [0.2, 0.25) is 5.02 Å². The van der Waals surface area contributed by atoms with E-state index in [0.29, 0.717) is 23.0 Å². The summed E-state index contributed by atoms with van der Waals surface area (Å²) in [4.78, 5) is 25.6. The monoisotopic (exact) mass is 474 g/mol. The van der Waals surface area contributed by atoms with Gasteiger partial charge >= 0.3 is 0 Å². The second kappa shape index (κ2) is 10.7. The van der Waals surface area contributed by atoms with Crippen LogP contribution in [0.15, 0.2) is 48.5 Å². The number of halogens is 2. The number of thiophene rings is 1. The SMILES string of the molecule is Cc1cc(NC(=O)c2ccc(F)cc2Cl)sc1C(=O)NCc1ccc(COC(C)C)cc1. The quantitative estimate of drug-likeness (QED) is 0.423. The summed E-state index contributed by atoms with van der Waals surface area (Å²) in [5.41, 5.74) is 2.95. The average molecular weight is 475 g/mol. The number of nitrogens with one attached hydrogen (secondary N) is 2. The van der Waals surface area contributed by atoms with Gasteiger partial charge in [-0.3, -0.25) is 9.59 Å². The highest BCUT2D eigenvalue weighted by molar-refractivity contribution is 7.18. The van der Waals surface area contributed by atoms with Gasteiger partial charge in [-0.1, -0.05) is 35.9 Å². The first-order valence-electron chi connectivity index (χ1n) is 10.1. The van der Waals surface area contributed by atoms with Crippen molar-refractivity contribution in [3.05, 3.63) is 86.5 Å². The number of hydrogen-bond acceptors (Lipinski definition) is 4. The maximum atomic E-state index is 13.2. The summed E-state index contributed by atoms with van der Waals surface area (Å²) in [7, 11) is 0. The fourth-order valence-corrected chi connectivity index (χ4v) is 4.14. The predicted molar refractivity (Wildman–Crippen MR) is 126 cm³/mol. The summed E-state index contributed by atoms with van der Waals surface area (Å²) in [5.74, 6) is -1.21. The Labute approximate surface area is 195 Å². The molecule has 1 heterocycles. The number of rotatable bonds is 8. The predicted octanol–water partition coefficient (Wildman–Crippen LogP) is 5.96. The summed E-state index contributed by atoms with van der Waals surface area (Å²) in [6.07, 6.45) is 0.172. The van der Waals surface area contributed by atoms with E-state index in [1.54, 1.807) is 13.0 Å². The van der Waals surface area contributed by atoms with Crippen molar-refractivity contribution < 1.29 is 18.7 Å². The molecule has 32 heavy (non-hydrogen) atoms. The molecule has 0 atom stereocenters. The molecule has 5 nitrogen and oxygen atoms in total. The Morgan fingerprint density at radius 3 is 2.41 bits per heavy atom. The highest BCUT2D eigenvalue weighted by atomic mass is 35.5. The topological polar surface area (TPSA) is 67.4 Å². The second-order valence-electron chi connectivity index (χ2n) is 7.56. The van der Waals surface area contributed by atoms with Crippen LogP contribution in [-0.4, -0.2) is 17.9 Å². The van der Waals surface area contributed by atoms with Crippen LogP contribution in [0.25, 0.3) is 0 Å². The summed E-state index contributed by atoms with van der Waals surface area (Å²) in [5, 5.41) is 6.15. The Morgan fingerprint density at radius 2 is 1.75 bits per heavy atom. The van der Waals surface area contributed by atoms with E-state index in [4.69, 9.17) is 16.3 Å². The van der Waals surface area contributed by atoms with E-state index < -0.39 is 11.7 Å². The summed E-state index contributed by atoms with van der Waals surface area (Å²) >= 11 is 7.12. The Bertz CT molecular complexity index is 1110. The molecule has 2 N–H and O–H groups in total. The van der Waals surface area contributed by atoms with Crippen LogP contribution in [0.3, 0.4) is 0 Å². The minimum Gasteiger partial charge on any atom is -0.374 e. The van der Waals surface area contributed by atoms with E-state index >= 15 is 0 Å². The third kappa shape index (κ3) is 6.38. The van der Waals surface area contributed by atoms with Crippen LogP contribution in [0.1, 0.15) is 50.6 Å². The van der Waals surface area contributed by atoms with Gasteiger partial charge in [-0.15, -0.1) is 11.3 Å². The van der Waals surface area contributed by atoms with Gasteiger partial charge in [-0.05, 0) is 61.7 Å². The lowest BCUT2D eigenvalue weighted by atomic mass is 10.1. The number of hydrogen-bond donors (Lipinski definition) is 2. The van der Waals surface area contributed by atoms with Gasteiger partial charge in [0.1, 0.15) is 5.82 Å². The minimum absolute atomic E-state index is 0.0236. The molecule has 0 aliphatic rings. The summed E-state index contributed by atoms with van der Waals surface area (Å²) in [6, 6.07) is 13.2. The van der Waals surface area contributed by atoms with Crippen LogP contribution in [0.4, 0.5) is 9.39 Å². The molecule has 168 valence electrons. The molecule has 2 amide bonds. The van der Waals surface area contributed by atoms with E-state index in [1.807, 2.05) is 38.1 Å². The Hall–Kier alpha value is -2.74. The number of ether oxygens (including phenoxy) is 1. The largest absolute Gasteiger partial charge is 0.374 e. The van der Waals surface area contributed by atoms with Crippen LogP contribution in [0.5, 0.6) is 0 Å². The molecular weight excluding hydrogens is 451 g/mol. The average Bonchev–Trinajstić information content (AvgIpc) is 3.11. The van der Waals surface area contributed by atoms with E-state index in [-0.39, 0.29) is 22.6 Å². The van der Waals surface area contributed by atoms with E-state index in [2.05, 4.69) is 10.6 Å². The van der Waals surface area contributed by atoms with Gasteiger partial charge in [0.05, 0.1) is 33.2 Å². The highest BCUT2D eigenvalue weighted by Crippen LogP contribution is 2.28. The number of amides is 2. The van der Waals surface area contributed by atoms with Crippen molar-refractivity contribution in [2.45, 2.75) is 40.0 Å². The first-order valence-corrected chi connectivity index (χ1v) is 11.3. The maximum Gasteiger partial charge on any atom is 0.261 e. The summed E-state index contributed by atoms with van der Waals surface area (Å²) < 4.78 is 18.8. The molecule has 3 rings (SSSR count). The standard InChI is InChI=1S/C24H24ClFN2O3S/c1-14(2)31-13-17-6-4-16(5-7-17)12-27-24(30)22-15(3)10-21(32-22)28-23(29)19-9-8-18(26)11-20(19)25/h4-11,14H,12-13H2,1-3H3,(H,27,30)(H,28,29). The first kappa shape index (κ1) is 23.9. The number of aryl methyl sites for hydroxylation is 1. The Balaban J connectivity index is 1.59. The van der Waals surface area contributed by atoms with Gasteiger partial charge in [-0.2, -0.15) is 0 Å². The fraction of sp³-hybridized carbons (Fsp3) is 0.250. The molecular formula is C24H24ClFN2O3S. The molecule has 0 saturated carbocycles. The van der Waals surface area contributed by atoms with E-state index in [9.17, 15) is 14.0 Å². The number of benzene rings is 2. The molecule has 0 aliphatic heterocycles. The third-order valence-electron chi connectivity index (χ3n) is 4.60. The molecule has 2 aromatic carbocycles. The van der Waals surface area contributed by atoms with E-state index in [1.165, 1.54) is 23.5 Å². The second-order valence-corrected chi connectivity index (χ2v) is 9.02. The number of anilines is 1. The van der Waals surface area contributed by atoms with Crippen molar-refractivity contribution >= 4 is 39.8 Å². The molecule has 0 unspecified atom stereocenters. The van der Waals surface area contributed by atoms with Crippen molar-refractivity contribution in [2.24, 2.45) is 0 Å². The molecule has 8 heteroatoms. The molecule has 1 aromatic heterocycles. The lowest BCUT2D eigenvalue weighted by Crippen LogP contribution is -2.22. The molecule has 0 radical (unpaired) electrons. The maximum absolute atomic E-state index is 13.2. The lowest BCUT2D eigenvalue weighted by Gasteiger charge is -2.09. The number of carbonyl (C=O) groups excluding carboxylic acids is 2. The van der Waals surface area contributed by atoms with Crippen LogP contribution in [0, 0.1) is 12.7 Å². The normalized spacial score (nSPS) is 10.9. The van der Waals surface area contributed by atoms with Gasteiger partial charge in [0, 0.05) is 6.54 Å². The highest BCUT2D eigenvalue weighted by Gasteiger charge is 2.17. The van der Waals surface area contributed by atoms with E-state index in [0.717, 1.165) is 22.8 Å².